The van der Waals surface area contributed by atoms with E-state index in [-0.39, 0.29) is 15.6 Å². The summed E-state index contributed by atoms with van der Waals surface area (Å²) in [5, 5.41) is 0. The van der Waals surface area contributed by atoms with E-state index < -0.39 is 9.84 Å². The van der Waals surface area contributed by atoms with Gasteiger partial charge in [0.15, 0.2) is 5.78 Å². The van der Waals surface area contributed by atoms with Crippen LogP contribution in [-0.4, -0.2) is 21.3 Å². The number of benzene rings is 8. The first-order chi connectivity index (χ1) is 29.5. The topological polar surface area (TPSA) is 88.1 Å². The zero-order chi connectivity index (χ0) is 42.5. The second-order valence-electron chi connectivity index (χ2n) is 14.7. The van der Waals surface area contributed by atoms with Crippen LogP contribution in [0.5, 0.6) is 40.2 Å². The average molecular weight is 823 g/mol. The lowest BCUT2D eigenvalue weighted by molar-refractivity contribution is 0.103. The third kappa shape index (κ3) is 9.25. The Morgan fingerprint density at radius 2 is 0.721 bits per heavy atom. The molecule has 0 aliphatic heterocycles. The van der Waals surface area contributed by atoms with E-state index in [1.807, 2.05) is 148 Å². The minimum absolute atomic E-state index is 0.0159. The molecule has 8 heteroatoms. The number of aryl methyl sites for hydroxylation is 3. The van der Waals surface area contributed by atoms with Gasteiger partial charge in [0.05, 0.1) is 16.9 Å². The van der Waals surface area contributed by atoms with Crippen LogP contribution in [0.1, 0.15) is 32.6 Å². The van der Waals surface area contributed by atoms with E-state index in [9.17, 15) is 13.2 Å². The van der Waals surface area contributed by atoms with Gasteiger partial charge in [0.1, 0.15) is 40.2 Å². The third-order valence-electron chi connectivity index (χ3n) is 10.5. The van der Waals surface area contributed by atoms with Gasteiger partial charge in [0, 0.05) is 11.1 Å². The van der Waals surface area contributed by atoms with Gasteiger partial charge in [0.2, 0.25) is 9.84 Å². The molecule has 0 amide bonds. The molecular weight excluding hydrogens is 781 g/mol. The molecule has 0 radical (unpaired) electrons. The SMILES string of the molecule is COc1ccc(-c2ccc(Oc3ccc(S(=O)(=O)c4ccc(Oc5ccc(-c6ccc(Oc7ccc(C(=O)c8ccc(C)c(C)c8)cc7C)cc6)cc5)cc4)cc3)cc2)cc1. The summed E-state index contributed by atoms with van der Waals surface area (Å²) in [5.41, 5.74) is 8.49. The molecule has 0 heterocycles. The Bertz CT molecular complexity index is 2920. The fourth-order valence-corrected chi connectivity index (χ4v) is 8.05. The number of rotatable bonds is 13. The zero-order valence-electron chi connectivity index (χ0n) is 34.1. The summed E-state index contributed by atoms with van der Waals surface area (Å²) >= 11 is 0. The highest BCUT2D eigenvalue weighted by molar-refractivity contribution is 7.91. The van der Waals surface area contributed by atoms with Crippen LogP contribution in [0.15, 0.2) is 192 Å². The average Bonchev–Trinajstić information content (AvgIpc) is 3.29. The van der Waals surface area contributed by atoms with Crippen LogP contribution in [0, 0.1) is 20.8 Å². The van der Waals surface area contributed by atoms with Crippen molar-refractivity contribution in [1.29, 1.82) is 0 Å². The Morgan fingerprint density at radius 1 is 0.377 bits per heavy atom. The molecule has 0 aliphatic carbocycles. The minimum Gasteiger partial charge on any atom is -0.497 e. The van der Waals surface area contributed by atoms with Gasteiger partial charge < -0.3 is 18.9 Å². The highest BCUT2D eigenvalue weighted by atomic mass is 32.2. The second kappa shape index (κ2) is 17.4. The summed E-state index contributed by atoms with van der Waals surface area (Å²) in [7, 11) is -2.14. The van der Waals surface area contributed by atoms with E-state index in [0.29, 0.717) is 45.6 Å². The predicted octanol–water partition coefficient (Wildman–Crippen LogP) is 13.4. The van der Waals surface area contributed by atoms with Gasteiger partial charge in [-0.3, -0.25) is 4.79 Å². The molecule has 0 saturated carbocycles. The van der Waals surface area contributed by atoms with Crippen molar-refractivity contribution in [1.82, 2.24) is 0 Å². The van der Waals surface area contributed by atoms with Gasteiger partial charge in [-0.05, 0) is 181 Å². The lowest BCUT2D eigenvalue weighted by atomic mass is 9.98. The number of sulfone groups is 1. The number of hydrogen-bond donors (Lipinski definition) is 0. The maximum atomic E-state index is 13.5. The van der Waals surface area contributed by atoms with Crippen molar-refractivity contribution in [3.05, 3.63) is 210 Å². The van der Waals surface area contributed by atoms with Crippen molar-refractivity contribution in [2.45, 2.75) is 30.6 Å². The number of methoxy groups -OCH3 is 1. The van der Waals surface area contributed by atoms with Crippen molar-refractivity contribution in [2.75, 3.05) is 7.11 Å². The summed E-state index contributed by atoms with van der Waals surface area (Å²) in [6.07, 6.45) is 0. The van der Waals surface area contributed by atoms with Crippen LogP contribution in [-0.2, 0) is 9.84 Å². The first-order valence-corrected chi connectivity index (χ1v) is 21.2. The van der Waals surface area contributed by atoms with E-state index in [1.165, 1.54) is 0 Å². The van der Waals surface area contributed by atoms with Crippen LogP contribution in [0.2, 0.25) is 0 Å². The highest BCUT2D eigenvalue weighted by Gasteiger charge is 2.18. The first kappa shape index (κ1) is 40.4. The second-order valence-corrected chi connectivity index (χ2v) is 16.6. The van der Waals surface area contributed by atoms with Gasteiger partial charge in [-0.15, -0.1) is 0 Å². The van der Waals surface area contributed by atoms with E-state index in [2.05, 4.69) is 0 Å². The molecule has 0 fully saturated rings. The lowest BCUT2D eigenvalue weighted by Crippen LogP contribution is -2.03. The molecule has 0 saturated heterocycles. The normalized spacial score (nSPS) is 11.1. The molecule has 8 rings (SSSR count). The summed E-state index contributed by atoms with van der Waals surface area (Å²) < 4.78 is 50.4. The van der Waals surface area contributed by atoms with Crippen LogP contribution < -0.4 is 18.9 Å². The summed E-state index contributed by atoms with van der Waals surface area (Å²) in [6.45, 7) is 5.98. The number of carbonyl (C=O) groups excluding carboxylic acids is 1. The highest BCUT2D eigenvalue weighted by Crippen LogP contribution is 2.33. The molecule has 8 aromatic rings. The third-order valence-corrected chi connectivity index (χ3v) is 12.3. The van der Waals surface area contributed by atoms with Crippen molar-refractivity contribution < 1.29 is 32.2 Å². The van der Waals surface area contributed by atoms with E-state index in [4.69, 9.17) is 18.9 Å². The maximum Gasteiger partial charge on any atom is 0.206 e. The molecular formula is C53H42O7S. The largest absolute Gasteiger partial charge is 0.497 e. The summed E-state index contributed by atoms with van der Waals surface area (Å²) in [4.78, 5) is 13.4. The van der Waals surface area contributed by atoms with Crippen molar-refractivity contribution in [2.24, 2.45) is 0 Å². The fraction of sp³-hybridized carbons (Fsp3) is 0.0755. The molecule has 0 aliphatic rings. The van der Waals surface area contributed by atoms with Crippen molar-refractivity contribution in [3.63, 3.8) is 0 Å². The maximum absolute atomic E-state index is 13.5. The van der Waals surface area contributed by atoms with Crippen LogP contribution in [0.25, 0.3) is 22.3 Å². The van der Waals surface area contributed by atoms with Crippen LogP contribution >= 0.6 is 0 Å². The van der Waals surface area contributed by atoms with Gasteiger partial charge in [-0.1, -0.05) is 60.7 Å². The molecule has 0 aromatic heterocycles. The molecule has 0 bridgehead atoms. The van der Waals surface area contributed by atoms with E-state index in [1.54, 1.807) is 61.7 Å². The summed E-state index contributed by atoms with van der Waals surface area (Å²) in [6, 6.07) is 55.0. The number of ether oxygens (including phenoxy) is 4. The van der Waals surface area contributed by atoms with E-state index >= 15 is 0 Å². The number of hydrogen-bond acceptors (Lipinski definition) is 7. The quantitative estimate of drug-likeness (QED) is 0.107. The Morgan fingerprint density at radius 3 is 1.10 bits per heavy atom. The molecule has 8 aromatic carbocycles. The van der Waals surface area contributed by atoms with Crippen molar-refractivity contribution in [3.8, 4) is 62.5 Å². The van der Waals surface area contributed by atoms with Gasteiger partial charge in [0.25, 0.3) is 0 Å². The summed E-state index contributed by atoms with van der Waals surface area (Å²) in [5.74, 6) is 4.42. The Kier molecular flexibility index (Phi) is 11.5. The first-order valence-electron chi connectivity index (χ1n) is 19.7. The van der Waals surface area contributed by atoms with Crippen molar-refractivity contribution >= 4 is 15.6 Å². The monoisotopic (exact) mass is 822 g/mol. The van der Waals surface area contributed by atoms with Gasteiger partial charge in [-0.25, -0.2) is 8.42 Å². The molecule has 302 valence electrons. The number of ketones is 1. The Labute approximate surface area is 356 Å². The standard InChI is InChI=1S/C53H42O7S/c1-35-5-6-42(33-36(35)2)53(54)43-15-32-52(37(3)34-43)60-49-22-13-41(14-23-49)40-11-20-46(21-12-40)59-48-26-30-51(31-27-48)61(55,56)50-28-24-47(25-29-50)58-45-18-9-39(10-19-45)38-7-16-44(57-4)17-8-38/h5-34H,1-4H3. The number of carbonyl (C=O) groups is 1. The van der Waals surface area contributed by atoms with Crippen LogP contribution in [0.4, 0.5) is 0 Å². The van der Waals surface area contributed by atoms with Gasteiger partial charge in [-0.2, -0.15) is 0 Å². The van der Waals surface area contributed by atoms with E-state index in [0.717, 1.165) is 44.7 Å². The molecule has 0 atom stereocenters. The Balaban J connectivity index is 0.848. The molecule has 0 N–H and O–H groups in total. The molecule has 7 nitrogen and oxygen atoms in total. The smallest absolute Gasteiger partial charge is 0.206 e. The lowest BCUT2D eigenvalue weighted by Gasteiger charge is -2.12. The molecule has 0 unspecified atom stereocenters. The Hall–Kier alpha value is -7.42. The fourth-order valence-electron chi connectivity index (χ4n) is 6.79. The van der Waals surface area contributed by atoms with Crippen LogP contribution in [0.3, 0.4) is 0 Å². The molecule has 61 heavy (non-hydrogen) atoms. The molecule has 0 spiro atoms. The predicted molar refractivity (Wildman–Crippen MR) is 239 cm³/mol. The zero-order valence-corrected chi connectivity index (χ0v) is 34.9. The minimum atomic E-state index is -3.78. The van der Waals surface area contributed by atoms with Gasteiger partial charge >= 0.3 is 0 Å².